The molecule has 0 N–H and O–H groups in total. The first-order valence-corrected chi connectivity index (χ1v) is 6.21. The Bertz CT molecular complexity index is 514. The standard InChI is InChI=1S/C13H17N3O/c1-10-3-2-6-16-13(10)14-12(15-16)9-11-4-7-17-8-5-11/h2-3,6,11H,4-5,7-9H2,1H3. The van der Waals surface area contributed by atoms with Crippen LogP contribution in [0.15, 0.2) is 18.3 Å². The molecular formula is C13H17N3O. The van der Waals surface area contributed by atoms with Crippen LogP contribution in [0.3, 0.4) is 0 Å². The van der Waals surface area contributed by atoms with Crippen LogP contribution < -0.4 is 0 Å². The van der Waals surface area contributed by atoms with E-state index >= 15 is 0 Å². The summed E-state index contributed by atoms with van der Waals surface area (Å²) in [6.45, 7) is 3.84. The minimum Gasteiger partial charge on any atom is -0.381 e. The molecular weight excluding hydrogens is 214 g/mol. The molecule has 0 aliphatic carbocycles. The van der Waals surface area contributed by atoms with Crippen molar-refractivity contribution in [3.8, 4) is 0 Å². The highest BCUT2D eigenvalue weighted by molar-refractivity contribution is 5.45. The average molecular weight is 231 g/mol. The van der Waals surface area contributed by atoms with Crippen molar-refractivity contribution in [3.63, 3.8) is 0 Å². The van der Waals surface area contributed by atoms with E-state index in [0.717, 1.165) is 43.9 Å². The highest BCUT2D eigenvalue weighted by Gasteiger charge is 2.17. The van der Waals surface area contributed by atoms with E-state index in [1.54, 1.807) is 0 Å². The van der Waals surface area contributed by atoms with E-state index in [-0.39, 0.29) is 0 Å². The molecule has 0 unspecified atom stereocenters. The van der Waals surface area contributed by atoms with Gasteiger partial charge in [0, 0.05) is 25.8 Å². The van der Waals surface area contributed by atoms with E-state index < -0.39 is 0 Å². The van der Waals surface area contributed by atoms with E-state index in [0.29, 0.717) is 5.92 Å². The molecule has 1 aliphatic heterocycles. The van der Waals surface area contributed by atoms with Gasteiger partial charge in [-0.3, -0.25) is 0 Å². The van der Waals surface area contributed by atoms with Crippen molar-refractivity contribution in [2.75, 3.05) is 13.2 Å². The molecule has 0 atom stereocenters. The Hall–Kier alpha value is -1.42. The van der Waals surface area contributed by atoms with Crippen LogP contribution in [-0.4, -0.2) is 27.8 Å². The largest absolute Gasteiger partial charge is 0.381 e. The molecule has 17 heavy (non-hydrogen) atoms. The van der Waals surface area contributed by atoms with Gasteiger partial charge in [0.2, 0.25) is 0 Å². The molecule has 0 saturated carbocycles. The van der Waals surface area contributed by atoms with E-state index in [9.17, 15) is 0 Å². The number of aryl methyl sites for hydroxylation is 1. The van der Waals surface area contributed by atoms with Gasteiger partial charge < -0.3 is 4.74 Å². The van der Waals surface area contributed by atoms with Crippen molar-refractivity contribution >= 4 is 5.65 Å². The van der Waals surface area contributed by atoms with Gasteiger partial charge >= 0.3 is 0 Å². The van der Waals surface area contributed by atoms with Crippen LogP contribution in [0.25, 0.3) is 5.65 Å². The molecule has 2 aromatic rings. The lowest BCUT2D eigenvalue weighted by Crippen LogP contribution is -2.18. The summed E-state index contributed by atoms with van der Waals surface area (Å²) >= 11 is 0. The quantitative estimate of drug-likeness (QED) is 0.793. The summed E-state index contributed by atoms with van der Waals surface area (Å²) in [5.74, 6) is 1.65. The van der Waals surface area contributed by atoms with E-state index in [4.69, 9.17) is 4.74 Å². The van der Waals surface area contributed by atoms with Gasteiger partial charge in [-0.15, -0.1) is 0 Å². The smallest absolute Gasteiger partial charge is 0.158 e. The van der Waals surface area contributed by atoms with Crippen molar-refractivity contribution in [2.24, 2.45) is 5.92 Å². The molecule has 0 aromatic carbocycles. The molecule has 1 fully saturated rings. The Morgan fingerprint density at radius 1 is 1.41 bits per heavy atom. The molecule has 90 valence electrons. The number of aromatic nitrogens is 3. The van der Waals surface area contributed by atoms with E-state index in [1.165, 1.54) is 5.56 Å². The summed E-state index contributed by atoms with van der Waals surface area (Å²) in [6, 6.07) is 4.08. The zero-order valence-electron chi connectivity index (χ0n) is 10.1. The van der Waals surface area contributed by atoms with Crippen LogP contribution >= 0.6 is 0 Å². The summed E-state index contributed by atoms with van der Waals surface area (Å²) in [4.78, 5) is 4.62. The second-order valence-electron chi connectivity index (χ2n) is 4.75. The minimum absolute atomic E-state index is 0.682. The van der Waals surface area contributed by atoms with Crippen molar-refractivity contribution in [3.05, 3.63) is 29.7 Å². The summed E-state index contributed by atoms with van der Waals surface area (Å²) < 4.78 is 7.25. The molecule has 0 radical (unpaired) electrons. The fourth-order valence-electron chi connectivity index (χ4n) is 2.38. The van der Waals surface area contributed by atoms with Gasteiger partial charge in [0.15, 0.2) is 11.5 Å². The summed E-state index contributed by atoms with van der Waals surface area (Å²) in [6.07, 6.45) is 5.20. The molecule has 2 aromatic heterocycles. The summed E-state index contributed by atoms with van der Waals surface area (Å²) in [7, 11) is 0. The lowest BCUT2D eigenvalue weighted by Gasteiger charge is -2.20. The molecule has 0 bridgehead atoms. The number of nitrogens with zero attached hydrogens (tertiary/aromatic N) is 3. The van der Waals surface area contributed by atoms with Crippen molar-refractivity contribution in [2.45, 2.75) is 26.2 Å². The van der Waals surface area contributed by atoms with Crippen molar-refractivity contribution in [1.82, 2.24) is 14.6 Å². The third kappa shape index (κ3) is 2.17. The van der Waals surface area contributed by atoms with E-state index in [1.807, 2.05) is 16.8 Å². The number of fused-ring (bicyclic) bond motifs is 1. The number of hydrogen-bond donors (Lipinski definition) is 0. The van der Waals surface area contributed by atoms with Crippen molar-refractivity contribution < 1.29 is 4.74 Å². The Kier molecular flexibility index (Phi) is 2.81. The van der Waals surface area contributed by atoms with Crippen LogP contribution in [0.4, 0.5) is 0 Å². The summed E-state index contributed by atoms with van der Waals surface area (Å²) in [5, 5.41) is 4.53. The van der Waals surface area contributed by atoms with Gasteiger partial charge in [-0.2, -0.15) is 5.10 Å². The Morgan fingerprint density at radius 2 is 2.24 bits per heavy atom. The van der Waals surface area contributed by atoms with Gasteiger partial charge in [0.25, 0.3) is 0 Å². The van der Waals surface area contributed by atoms with Crippen LogP contribution in [0.1, 0.15) is 24.2 Å². The number of rotatable bonds is 2. The monoisotopic (exact) mass is 231 g/mol. The van der Waals surface area contributed by atoms with Gasteiger partial charge in [0.05, 0.1) is 0 Å². The predicted octanol–water partition coefficient (Wildman–Crippen LogP) is 2.01. The maximum atomic E-state index is 5.37. The third-order valence-corrected chi connectivity index (χ3v) is 3.41. The Balaban J connectivity index is 1.83. The average Bonchev–Trinajstić information content (AvgIpc) is 2.74. The number of hydrogen-bond acceptors (Lipinski definition) is 3. The molecule has 1 saturated heterocycles. The van der Waals surface area contributed by atoms with Gasteiger partial charge in [-0.1, -0.05) is 6.07 Å². The molecule has 1 aliphatic rings. The first kappa shape index (κ1) is 10.7. The topological polar surface area (TPSA) is 39.4 Å². The third-order valence-electron chi connectivity index (χ3n) is 3.41. The lowest BCUT2D eigenvalue weighted by atomic mass is 9.96. The zero-order chi connectivity index (χ0) is 11.7. The Morgan fingerprint density at radius 3 is 3.00 bits per heavy atom. The highest BCUT2D eigenvalue weighted by Crippen LogP contribution is 2.19. The van der Waals surface area contributed by atoms with Crippen molar-refractivity contribution in [1.29, 1.82) is 0 Å². The predicted molar refractivity (Wildman–Crippen MR) is 65.0 cm³/mol. The first-order valence-electron chi connectivity index (χ1n) is 6.21. The van der Waals surface area contributed by atoms with Gasteiger partial charge in [-0.05, 0) is 37.3 Å². The molecule has 4 heteroatoms. The lowest BCUT2D eigenvalue weighted by molar-refractivity contribution is 0.0660. The molecule has 0 spiro atoms. The molecule has 3 heterocycles. The molecule has 4 nitrogen and oxygen atoms in total. The fourth-order valence-corrected chi connectivity index (χ4v) is 2.38. The Labute approximate surface area is 101 Å². The second kappa shape index (κ2) is 4.45. The normalized spacial score (nSPS) is 17.7. The van der Waals surface area contributed by atoms with Crippen LogP contribution in [-0.2, 0) is 11.2 Å². The maximum Gasteiger partial charge on any atom is 0.158 e. The second-order valence-corrected chi connectivity index (χ2v) is 4.75. The van der Waals surface area contributed by atoms with E-state index in [2.05, 4.69) is 23.1 Å². The van der Waals surface area contributed by atoms with Gasteiger partial charge in [0.1, 0.15) is 0 Å². The SMILES string of the molecule is Cc1cccn2nc(CC3CCOCC3)nc12. The zero-order valence-corrected chi connectivity index (χ0v) is 10.1. The van der Waals surface area contributed by atoms with Crippen LogP contribution in [0.5, 0.6) is 0 Å². The number of ether oxygens (including phenoxy) is 1. The summed E-state index contributed by atoms with van der Waals surface area (Å²) in [5.41, 5.74) is 2.16. The van der Waals surface area contributed by atoms with Crippen LogP contribution in [0, 0.1) is 12.8 Å². The highest BCUT2D eigenvalue weighted by atomic mass is 16.5. The molecule has 0 amide bonds. The maximum absolute atomic E-state index is 5.37. The number of pyridine rings is 1. The van der Waals surface area contributed by atoms with Gasteiger partial charge in [-0.25, -0.2) is 9.50 Å². The minimum atomic E-state index is 0.682. The first-order chi connectivity index (χ1) is 8.33. The molecule has 3 rings (SSSR count). The van der Waals surface area contributed by atoms with Crippen LogP contribution in [0.2, 0.25) is 0 Å². The fraction of sp³-hybridized carbons (Fsp3) is 0.538.